The maximum absolute atomic E-state index is 13.4. The van der Waals surface area contributed by atoms with E-state index in [0.29, 0.717) is 18.7 Å². The first-order chi connectivity index (χ1) is 12.3. The molecule has 1 aliphatic heterocycles. The second-order valence-electron chi connectivity index (χ2n) is 6.53. The van der Waals surface area contributed by atoms with Crippen LogP contribution in [0, 0.1) is 0 Å². The Balaban J connectivity index is 2.01. The zero-order valence-electron chi connectivity index (χ0n) is 15.3. The van der Waals surface area contributed by atoms with Gasteiger partial charge in [0.15, 0.2) is 0 Å². The van der Waals surface area contributed by atoms with Crippen molar-refractivity contribution in [3.63, 3.8) is 0 Å². The van der Waals surface area contributed by atoms with Crippen molar-refractivity contribution >= 4 is 28.5 Å². The third kappa shape index (κ3) is 4.76. The van der Waals surface area contributed by atoms with Crippen molar-refractivity contribution in [1.29, 1.82) is 0 Å². The number of nitrogens with one attached hydrogen (secondary N) is 2. The van der Waals surface area contributed by atoms with Crippen LogP contribution in [0.5, 0.6) is 0 Å². The molecule has 1 heterocycles. The smallest absolute Gasteiger partial charge is 0.246 e. The van der Waals surface area contributed by atoms with Crippen LogP contribution in [0.25, 0.3) is 5.70 Å². The number of carbonyl (C=O) groups excluding carboxylic acids is 1. The highest BCUT2D eigenvalue weighted by molar-refractivity contribution is 7.85. The third-order valence-corrected chi connectivity index (χ3v) is 6.02. The molecule has 1 aromatic rings. The molecule has 142 valence electrons. The van der Waals surface area contributed by atoms with Crippen molar-refractivity contribution in [2.45, 2.75) is 31.2 Å². The zero-order valence-corrected chi connectivity index (χ0v) is 16.1. The number of halogens is 1. The summed E-state index contributed by atoms with van der Waals surface area (Å²) in [5.74, 6) is -0.258. The number of hydrogen-bond acceptors (Lipinski definition) is 3. The van der Waals surface area contributed by atoms with Gasteiger partial charge in [0.2, 0.25) is 11.9 Å². The van der Waals surface area contributed by atoms with E-state index in [0.717, 1.165) is 5.56 Å². The van der Waals surface area contributed by atoms with Crippen LogP contribution < -0.4 is 10.6 Å². The molecule has 2 atom stereocenters. The second kappa shape index (κ2) is 8.55. The van der Waals surface area contributed by atoms with E-state index in [1.54, 1.807) is 13.8 Å². The molecule has 1 fully saturated rings. The van der Waals surface area contributed by atoms with Gasteiger partial charge >= 0.3 is 0 Å². The summed E-state index contributed by atoms with van der Waals surface area (Å²) in [5, 5.41) is 5.60. The number of hydrogen-bond donors (Lipinski definition) is 2. The standard InChI is InChI=1S/C18H25FN4O2S/c1-13(14-8-6-5-7-9-14)21-17(20-4)22-16(24)18(2,3)26(25)23-11-10-15(19)12-23/h5-9,15H,1,10-12H2,2-4H3,(H2,20,21,22,24). The molecule has 2 unspecified atom stereocenters. The van der Waals surface area contributed by atoms with Gasteiger partial charge in [-0.1, -0.05) is 36.9 Å². The minimum absolute atomic E-state index is 0.0844. The first-order valence-corrected chi connectivity index (χ1v) is 9.47. The van der Waals surface area contributed by atoms with Gasteiger partial charge in [-0.15, -0.1) is 0 Å². The lowest BCUT2D eigenvalue weighted by atomic mass is 10.2. The van der Waals surface area contributed by atoms with Crippen LogP contribution >= 0.6 is 0 Å². The molecule has 1 saturated heterocycles. The van der Waals surface area contributed by atoms with Crippen LogP contribution in [-0.4, -0.2) is 51.4 Å². The summed E-state index contributed by atoms with van der Waals surface area (Å²) in [4.78, 5) is 16.7. The summed E-state index contributed by atoms with van der Waals surface area (Å²) in [6.45, 7) is 7.54. The van der Waals surface area contributed by atoms with Gasteiger partial charge in [-0.25, -0.2) is 12.9 Å². The Hall–Kier alpha value is -2.06. The molecular formula is C18H25FN4O2S. The van der Waals surface area contributed by atoms with Crippen LogP contribution in [0.1, 0.15) is 25.8 Å². The molecule has 6 nitrogen and oxygen atoms in total. The van der Waals surface area contributed by atoms with Gasteiger partial charge < -0.3 is 5.32 Å². The zero-order chi connectivity index (χ0) is 19.3. The fraction of sp³-hybridized carbons (Fsp3) is 0.444. The molecule has 0 spiro atoms. The highest BCUT2D eigenvalue weighted by atomic mass is 32.2. The quantitative estimate of drug-likeness (QED) is 0.605. The van der Waals surface area contributed by atoms with Crippen molar-refractivity contribution in [3.8, 4) is 0 Å². The van der Waals surface area contributed by atoms with Gasteiger partial charge in [-0.3, -0.25) is 15.1 Å². The highest BCUT2D eigenvalue weighted by Gasteiger charge is 2.41. The van der Waals surface area contributed by atoms with Crippen molar-refractivity contribution in [2.75, 3.05) is 20.1 Å². The van der Waals surface area contributed by atoms with Gasteiger partial charge in [-0.05, 0) is 25.8 Å². The van der Waals surface area contributed by atoms with Crippen LogP contribution in [-0.2, 0) is 15.8 Å². The van der Waals surface area contributed by atoms with E-state index in [2.05, 4.69) is 22.2 Å². The van der Waals surface area contributed by atoms with Gasteiger partial charge in [0.1, 0.15) is 21.9 Å². The van der Waals surface area contributed by atoms with Crippen LogP contribution in [0.15, 0.2) is 41.9 Å². The molecule has 2 N–H and O–H groups in total. The van der Waals surface area contributed by atoms with Gasteiger partial charge in [0.05, 0.1) is 0 Å². The summed E-state index contributed by atoms with van der Waals surface area (Å²) in [7, 11) is -0.121. The van der Waals surface area contributed by atoms with E-state index in [1.165, 1.54) is 11.4 Å². The molecule has 1 aliphatic rings. The first-order valence-electron chi connectivity index (χ1n) is 8.36. The third-order valence-electron chi connectivity index (χ3n) is 4.16. The second-order valence-corrected chi connectivity index (χ2v) is 8.56. The molecule has 0 bridgehead atoms. The van der Waals surface area contributed by atoms with E-state index < -0.39 is 27.8 Å². The van der Waals surface area contributed by atoms with E-state index in [9.17, 15) is 13.4 Å². The fourth-order valence-electron chi connectivity index (χ4n) is 2.50. The Labute approximate surface area is 156 Å². The van der Waals surface area contributed by atoms with E-state index in [4.69, 9.17) is 0 Å². The fourth-order valence-corrected chi connectivity index (χ4v) is 3.92. The summed E-state index contributed by atoms with van der Waals surface area (Å²) < 4.78 is 26.4. The molecule has 0 aliphatic carbocycles. The first kappa shape index (κ1) is 20.3. The predicted octanol–water partition coefficient (Wildman–Crippen LogP) is 1.83. The molecule has 0 saturated carbocycles. The Kier molecular flexibility index (Phi) is 6.66. The topological polar surface area (TPSA) is 73.8 Å². The number of nitrogens with zero attached hydrogens (tertiary/aromatic N) is 2. The molecule has 1 aromatic carbocycles. The predicted molar refractivity (Wildman–Crippen MR) is 103 cm³/mol. The Morgan fingerprint density at radius 2 is 2.00 bits per heavy atom. The summed E-state index contributed by atoms with van der Waals surface area (Å²) in [5.41, 5.74) is 1.43. The molecule has 0 aromatic heterocycles. The van der Waals surface area contributed by atoms with Crippen molar-refractivity contribution in [3.05, 3.63) is 42.5 Å². The van der Waals surface area contributed by atoms with Crippen molar-refractivity contribution < 1.29 is 13.4 Å². The minimum Gasteiger partial charge on any atom is -0.326 e. The number of guanidine groups is 1. The van der Waals surface area contributed by atoms with Crippen molar-refractivity contribution in [2.24, 2.45) is 4.99 Å². The molecule has 26 heavy (non-hydrogen) atoms. The average Bonchev–Trinajstić information content (AvgIpc) is 3.07. The SMILES string of the molecule is C=C(NC(=NC)NC(=O)C(C)(C)S(=O)N1CCC(F)C1)c1ccccc1. The largest absolute Gasteiger partial charge is 0.326 e. The number of aliphatic imine (C=N–C) groups is 1. The van der Waals surface area contributed by atoms with Gasteiger partial charge in [0, 0.05) is 25.8 Å². The van der Waals surface area contributed by atoms with Crippen molar-refractivity contribution in [1.82, 2.24) is 14.9 Å². The molecular weight excluding hydrogens is 355 g/mol. The summed E-state index contributed by atoms with van der Waals surface area (Å²) >= 11 is 0. The number of amides is 1. The van der Waals surface area contributed by atoms with E-state index in [-0.39, 0.29) is 12.5 Å². The molecule has 8 heteroatoms. The molecule has 1 amide bonds. The van der Waals surface area contributed by atoms with E-state index in [1.807, 2.05) is 30.3 Å². The summed E-state index contributed by atoms with van der Waals surface area (Å²) in [6.07, 6.45) is -0.662. The Morgan fingerprint density at radius 3 is 2.54 bits per heavy atom. The summed E-state index contributed by atoms with van der Waals surface area (Å²) in [6, 6.07) is 9.41. The van der Waals surface area contributed by atoms with Crippen LogP contribution in [0.4, 0.5) is 4.39 Å². The number of carbonyl (C=O) groups is 1. The maximum Gasteiger partial charge on any atom is 0.246 e. The monoisotopic (exact) mass is 380 g/mol. The number of benzene rings is 1. The Bertz CT molecular complexity index is 721. The lowest BCUT2D eigenvalue weighted by molar-refractivity contribution is -0.121. The maximum atomic E-state index is 13.4. The number of alkyl halides is 1. The normalized spacial score (nSPS) is 19.8. The highest BCUT2D eigenvalue weighted by Crippen LogP contribution is 2.23. The molecule has 2 rings (SSSR count). The average molecular weight is 380 g/mol. The Morgan fingerprint density at radius 1 is 1.35 bits per heavy atom. The molecule has 0 radical (unpaired) electrons. The number of rotatable bonds is 5. The van der Waals surface area contributed by atoms with Gasteiger partial charge in [0.25, 0.3) is 0 Å². The van der Waals surface area contributed by atoms with Crippen LogP contribution in [0.3, 0.4) is 0 Å². The lowest BCUT2D eigenvalue weighted by Crippen LogP contribution is -2.53. The lowest BCUT2D eigenvalue weighted by Gasteiger charge is -2.28. The minimum atomic E-state index is -1.65. The van der Waals surface area contributed by atoms with Crippen LogP contribution in [0.2, 0.25) is 0 Å². The van der Waals surface area contributed by atoms with E-state index >= 15 is 0 Å². The van der Waals surface area contributed by atoms with Gasteiger partial charge in [-0.2, -0.15) is 0 Å².